The van der Waals surface area contributed by atoms with Crippen molar-refractivity contribution in [2.24, 2.45) is 0 Å². The molecule has 1 aromatic rings. The molecule has 1 unspecified atom stereocenters. The second kappa shape index (κ2) is 4.93. The summed E-state index contributed by atoms with van der Waals surface area (Å²) < 4.78 is 41.4. The van der Waals surface area contributed by atoms with Crippen molar-refractivity contribution < 1.29 is 27.4 Å². The molecular formula is C11H13FO5S. The summed E-state index contributed by atoms with van der Waals surface area (Å²) in [5, 5.41) is 8.88. The van der Waals surface area contributed by atoms with Gasteiger partial charge in [0, 0.05) is 11.8 Å². The first-order valence-electron chi connectivity index (χ1n) is 4.99. The lowest BCUT2D eigenvalue weighted by Crippen LogP contribution is -2.11. The predicted octanol–water partition coefficient (Wildman–Crippen LogP) is 1.43. The van der Waals surface area contributed by atoms with E-state index in [-0.39, 0.29) is 11.3 Å². The molecule has 0 saturated heterocycles. The smallest absolute Gasteiger partial charge is 0.310 e. The Morgan fingerprint density at radius 2 is 2.00 bits per heavy atom. The van der Waals surface area contributed by atoms with Crippen LogP contribution in [-0.4, -0.2) is 32.9 Å². The van der Waals surface area contributed by atoms with Gasteiger partial charge in [-0.05, 0) is 13.0 Å². The van der Waals surface area contributed by atoms with Crippen LogP contribution < -0.4 is 4.74 Å². The van der Waals surface area contributed by atoms with Crippen molar-refractivity contribution in [3.63, 3.8) is 0 Å². The Hall–Kier alpha value is -1.63. The minimum atomic E-state index is -3.73. The fourth-order valence-corrected chi connectivity index (χ4v) is 2.25. The second-order valence-corrected chi connectivity index (χ2v) is 5.82. The van der Waals surface area contributed by atoms with Gasteiger partial charge in [-0.15, -0.1) is 0 Å². The van der Waals surface area contributed by atoms with Crippen molar-refractivity contribution in [1.29, 1.82) is 0 Å². The highest BCUT2D eigenvalue weighted by Crippen LogP contribution is 2.33. The van der Waals surface area contributed by atoms with Crippen LogP contribution >= 0.6 is 0 Å². The molecule has 0 spiro atoms. The lowest BCUT2D eigenvalue weighted by atomic mass is 10.00. The molecule has 1 rings (SSSR count). The van der Waals surface area contributed by atoms with E-state index in [0.29, 0.717) is 0 Å². The number of rotatable bonds is 4. The van der Waals surface area contributed by atoms with Crippen LogP contribution in [0.3, 0.4) is 0 Å². The first-order valence-corrected chi connectivity index (χ1v) is 6.88. The van der Waals surface area contributed by atoms with Crippen LogP contribution in [0.25, 0.3) is 0 Å². The molecule has 0 fully saturated rings. The van der Waals surface area contributed by atoms with E-state index in [2.05, 4.69) is 0 Å². The summed E-state index contributed by atoms with van der Waals surface area (Å²) >= 11 is 0. The average molecular weight is 276 g/mol. The topological polar surface area (TPSA) is 80.7 Å². The number of carboxylic acids is 1. The largest absolute Gasteiger partial charge is 0.493 e. The Morgan fingerprint density at radius 1 is 1.44 bits per heavy atom. The minimum absolute atomic E-state index is 0.0925. The molecule has 5 nitrogen and oxygen atoms in total. The monoisotopic (exact) mass is 276 g/mol. The third-order valence-corrected chi connectivity index (χ3v) is 3.65. The maximum atomic E-state index is 14.0. The molecular weight excluding hydrogens is 263 g/mol. The summed E-state index contributed by atoms with van der Waals surface area (Å²) in [5.41, 5.74) is 0.0925. The zero-order valence-electron chi connectivity index (χ0n) is 10.1. The minimum Gasteiger partial charge on any atom is -0.493 e. The molecule has 0 aliphatic rings. The van der Waals surface area contributed by atoms with Gasteiger partial charge in [0.15, 0.2) is 21.4 Å². The number of halogens is 1. The Morgan fingerprint density at radius 3 is 2.39 bits per heavy atom. The second-order valence-electron chi connectivity index (χ2n) is 3.83. The van der Waals surface area contributed by atoms with Crippen LogP contribution in [0.1, 0.15) is 18.4 Å². The van der Waals surface area contributed by atoms with Gasteiger partial charge >= 0.3 is 5.97 Å². The van der Waals surface area contributed by atoms with Crippen LogP contribution in [0.2, 0.25) is 0 Å². The highest BCUT2D eigenvalue weighted by Gasteiger charge is 2.25. The van der Waals surface area contributed by atoms with Gasteiger partial charge in [0.25, 0.3) is 0 Å². The molecule has 1 N–H and O–H groups in total. The lowest BCUT2D eigenvalue weighted by Gasteiger charge is -2.14. The van der Waals surface area contributed by atoms with Crippen molar-refractivity contribution in [3.05, 3.63) is 23.5 Å². The zero-order valence-corrected chi connectivity index (χ0v) is 10.9. The molecule has 0 bridgehead atoms. The summed E-state index contributed by atoms with van der Waals surface area (Å²) in [6.45, 7) is 1.36. The normalized spacial score (nSPS) is 13.1. The zero-order chi connectivity index (χ0) is 14.1. The Balaban J connectivity index is 3.53. The van der Waals surface area contributed by atoms with Gasteiger partial charge in [-0.3, -0.25) is 4.79 Å². The van der Waals surface area contributed by atoms with E-state index in [0.717, 1.165) is 19.4 Å². The molecule has 0 aliphatic heterocycles. The molecule has 1 atom stereocenters. The number of sulfone groups is 1. The van der Waals surface area contributed by atoms with Gasteiger partial charge in [-0.1, -0.05) is 6.07 Å². The van der Waals surface area contributed by atoms with Crippen molar-refractivity contribution in [1.82, 2.24) is 0 Å². The van der Waals surface area contributed by atoms with E-state index in [9.17, 15) is 17.6 Å². The van der Waals surface area contributed by atoms with E-state index in [1.807, 2.05) is 0 Å². The van der Waals surface area contributed by atoms with E-state index >= 15 is 0 Å². The number of ether oxygens (including phenoxy) is 1. The molecule has 100 valence electrons. The maximum Gasteiger partial charge on any atom is 0.310 e. The Labute approximate surface area is 104 Å². The third kappa shape index (κ3) is 2.61. The van der Waals surface area contributed by atoms with Gasteiger partial charge < -0.3 is 9.84 Å². The fourth-order valence-electron chi connectivity index (χ4n) is 1.52. The maximum absolute atomic E-state index is 14.0. The van der Waals surface area contributed by atoms with E-state index in [4.69, 9.17) is 9.84 Å². The Kier molecular flexibility index (Phi) is 3.95. The molecule has 0 amide bonds. The molecule has 0 aromatic heterocycles. The van der Waals surface area contributed by atoms with Gasteiger partial charge in [0.2, 0.25) is 0 Å². The van der Waals surface area contributed by atoms with Crippen LogP contribution in [0, 0.1) is 5.82 Å². The summed E-state index contributed by atoms with van der Waals surface area (Å²) in [6, 6.07) is 2.29. The van der Waals surface area contributed by atoms with Crippen LogP contribution in [0.5, 0.6) is 5.75 Å². The summed E-state index contributed by atoms with van der Waals surface area (Å²) in [5.74, 6) is -3.57. The standard InChI is InChI=1S/C11H13FO5S/c1-6(11(13)14)7-4-5-8(18(3,15)16)9(12)10(7)17-2/h4-6H,1-3H3,(H,13,14). The molecule has 7 heteroatoms. The average Bonchev–Trinajstić information content (AvgIpc) is 2.25. The first-order chi connectivity index (χ1) is 8.20. The van der Waals surface area contributed by atoms with Crippen molar-refractivity contribution in [3.8, 4) is 5.75 Å². The van der Waals surface area contributed by atoms with Crippen LogP contribution in [-0.2, 0) is 14.6 Å². The first kappa shape index (κ1) is 14.4. The Bertz CT molecular complexity index is 579. The summed E-state index contributed by atoms with van der Waals surface area (Å²) in [4.78, 5) is 10.4. The predicted molar refractivity (Wildman–Crippen MR) is 62.1 cm³/mol. The highest BCUT2D eigenvalue weighted by molar-refractivity contribution is 7.90. The van der Waals surface area contributed by atoms with Crippen LogP contribution in [0.4, 0.5) is 4.39 Å². The van der Waals surface area contributed by atoms with Gasteiger partial charge in [-0.2, -0.15) is 0 Å². The van der Waals surface area contributed by atoms with E-state index < -0.39 is 32.4 Å². The molecule has 0 aliphatic carbocycles. The number of carbonyl (C=O) groups is 1. The highest BCUT2D eigenvalue weighted by atomic mass is 32.2. The number of aliphatic carboxylic acids is 1. The summed E-state index contributed by atoms with van der Waals surface area (Å²) in [6.07, 6.45) is 0.866. The van der Waals surface area contributed by atoms with Gasteiger partial charge in [-0.25, -0.2) is 12.8 Å². The number of hydrogen-bond donors (Lipinski definition) is 1. The third-order valence-electron chi connectivity index (χ3n) is 2.53. The molecule has 18 heavy (non-hydrogen) atoms. The summed E-state index contributed by atoms with van der Waals surface area (Å²) in [7, 11) is -2.58. The van der Waals surface area contributed by atoms with Crippen molar-refractivity contribution in [2.45, 2.75) is 17.7 Å². The SMILES string of the molecule is COc1c(C(C)C(=O)O)ccc(S(C)(=O)=O)c1F. The molecule has 0 heterocycles. The molecule has 1 aromatic carbocycles. The van der Waals surface area contributed by atoms with E-state index in [1.54, 1.807) is 0 Å². The lowest BCUT2D eigenvalue weighted by molar-refractivity contribution is -0.138. The van der Waals surface area contributed by atoms with Crippen LogP contribution in [0.15, 0.2) is 17.0 Å². The molecule has 0 saturated carbocycles. The number of benzene rings is 1. The van der Waals surface area contributed by atoms with Crippen molar-refractivity contribution >= 4 is 15.8 Å². The quantitative estimate of drug-likeness (QED) is 0.899. The van der Waals surface area contributed by atoms with Crippen molar-refractivity contribution in [2.75, 3.05) is 13.4 Å². The fraction of sp³-hybridized carbons (Fsp3) is 0.364. The number of methoxy groups -OCH3 is 1. The molecule has 0 radical (unpaired) electrons. The van der Waals surface area contributed by atoms with E-state index in [1.165, 1.54) is 13.0 Å². The number of carboxylic acid groups (broad SMARTS) is 1. The number of hydrogen-bond acceptors (Lipinski definition) is 4. The van der Waals surface area contributed by atoms with Gasteiger partial charge in [0.05, 0.1) is 13.0 Å². The van der Waals surface area contributed by atoms with Gasteiger partial charge in [0.1, 0.15) is 4.90 Å².